The molecule has 0 radical (unpaired) electrons. The van der Waals surface area contributed by atoms with Gasteiger partial charge in [0.25, 0.3) is 0 Å². The summed E-state index contributed by atoms with van der Waals surface area (Å²) in [5, 5.41) is 3.52. The second-order valence-corrected chi connectivity index (χ2v) is 6.54. The van der Waals surface area contributed by atoms with Gasteiger partial charge in [-0.15, -0.1) is 0 Å². The van der Waals surface area contributed by atoms with Crippen molar-refractivity contribution in [2.24, 2.45) is 0 Å². The Labute approximate surface area is 107 Å². The molecule has 0 aliphatic rings. The molecular weight excluding hydrogens is 206 g/mol. The number of hydrogen-bond acceptors (Lipinski definition) is 1. The molecule has 0 aromatic heterocycles. The van der Waals surface area contributed by atoms with Gasteiger partial charge in [-0.2, -0.15) is 0 Å². The van der Waals surface area contributed by atoms with Crippen LogP contribution in [0, 0.1) is 0 Å². The summed E-state index contributed by atoms with van der Waals surface area (Å²) in [6, 6.07) is 9.05. The van der Waals surface area contributed by atoms with Crippen molar-refractivity contribution in [3.63, 3.8) is 0 Å². The molecular formula is C16H27N. The van der Waals surface area contributed by atoms with E-state index < -0.39 is 0 Å². The van der Waals surface area contributed by atoms with Gasteiger partial charge in [0.1, 0.15) is 0 Å². The molecule has 1 aromatic carbocycles. The van der Waals surface area contributed by atoms with Gasteiger partial charge in [-0.05, 0) is 43.4 Å². The molecule has 0 bridgehead atoms. The molecule has 0 amide bonds. The van der Waals surface area contributed by atoms with E-state index in [1.54, 1.807) is 0 Å². The Bertz CT molecular complexity index is 341. The molecule has 1 rings (SSSR count). The lowest BCUT2D eigenvalue weighted by Gasteiger charge is -2.26. The van der Waals surface area contributed by atoms with E-state index in [9.17, 15) is 0 Å². The first-order chi connectivity index (χ1) is 7.74. The first-order valence-corrected chi connectivity index (χ1v) is 6.59. The zero-order valence-corrected chi connectivity index (χ0v) is 12.2. The Balaban J connectivity index is 2.75. The van der Waals surface area contributed by atoms with Crippen molar-refractivity contribution >= 4 is 0 Å². The van der Waals surface area contributed by atoms with Crippen LogP contribution in [-0.4, -0.2) is 12.1 Å². The van der Waals surface area contributed by atoms with Gasteiger partial charge < -0.3 is 5.32 Å². The average Bonchev–Trinajstić information content (AvgIpc) is 2.16. The van der Waals surface area contributed by atoms with Gasteiger partial charge >= 0.3 is 0 Å². The van der Waals surface area contributed by atoms with Gasteiger partial charge in [0, 0.05) is 5.54 Å². The fraction of sp³-hybridized carbons (Fsp3) is 0.625. The minimum absolute atomic E-state index is 0.179. The van der Waals surface area contributed by atoms with Gasteiger partial charge in [0.05, 0.1) is 0 Å². The summed E-state index contributed by atoms with van der Waals surface area (Å²) in [4.78, 5) is 0. The van der Waals surface area contributed by atoms with Crippen molar-refractivity contribution in [1.82, 2.24) is 5.32 Å². The van der Waals surface area contributed by atoms with Crippen LogP contribution >= 0.6 is 0 Å². The molecule has 0 fully saturated rings. The summed E-state index contributed by atoms with van der Waals surface area (Å²) in [6.07, 6.45) is 1.07. The predicted molar refractivity (Wildman–Crippen MR) is 76.6 cm³/mol. The van der Waals surface area contributed by atoms with Gasteiger partial charge in [0.2, 0.25) is 0 Å². The highest BCUT2D eigenvalue weighted by Gasteiger charge is 2.17. The lowest BCUT2D eigenvalue weighted by molar-refractivity contribution is 0.397. The van der Waals surface area contributed by atoms with E-state index in [0.717, 1.165) is 13.0 Å². The Morgan fingerprint density at radius 2 is 1.47 bits per heavy atom. The van der Waals surface area contributed by atoms with E-state index in [0.29, 0.717) is 0 Å². The Morgan fingerprint density at radius 1 is 0.941 bits per heavy atom. The summed E-state index contributed by atoms with van der Waals surface area (Å²) in [7, 11) is 0. The predicted octanol–water partition coefficient (Wildman–Crippen LogP) is 3.91. The fourth-order valence-electron chi connectivity index (χ4n) is 2.17. The minimum atomic E-state index is 0.179. The second-order valence-electron chi connectivity index (χ2n) is 6.54. The summed E-state index contributed by atoms with van der Waals surface area (Å²) in [6.45, 7) is 14.5. The van der Waals surface area contributed by atoms with E-state index in [2.05, 4.69) is 71.1 Å². The average molecular weight is 233 g/mol. The van der Waals surface area contributed by atoms with Crippen LogP contribution in [0.15, 0.2) is 24.3 Å². The molecule has 0 saturated carbocycles. The van der Waals surface area contributed by atoms with E-state index in [4.69, 9.17) is 0 Å². The molecule has 0 aliphatic heterocycles. The summed E-state index contributed by atoms with van der Waals surface area (Å²) in [5.41, 5.74) is 3.24. The number of hydrogen-bond donors (Lipinski definition) is 1. The second kappa shape index (κ2) is 5.22. The van der Waals surface area contributed by atoms with Crippen LogP contribution in [0.25, 0.3) is 0 Å². The van der Waals surface area contributed by atoms with Gasteiger partial charge in [-0.25, -0.2) is 0 Å². The fourth-order valence-corrected chi connectivity index (χ4v) is 2.17. The molecule has 1 N–H and O–H groups in total. The molecule has 96 valence electrons. The molecule has 0 aliphatic carbocycles. The highest BCUT2D eigenvalue weighted by molar-refractivity contribution is 5.28. The van der Waals surface area contributed by atoms with Crippen LogP contribution in [0.4, 0.5) is 0 Å². The minimum Gasteiger partial charge on any atom is -0.312 e. The first-order valence-electron chi connectivity index (χ1n) is 6.59. The van der Waals surface area contributed by atoms with Crippen molar-refractivity contribution in [1.29, 1.82) is 0 Å². The van der Waals surface area contributed by atoms with Crippen LogP contribution < -0.4 is 5.32 Å². The highest BCUT2D eigenvalue weighted by Crippen LogP contribution is 2.23. The maximum atomic E-state index is 3.52. The number of rotatable bonds is 4. The van der Waals surface area contributed by atoms with Crippen molar-refractivity contribution in [3.8, 4) is 0 Å². The van der Waals surface area contributed by atoms with Gasteiger partial charge in [-0.3, -0.25) is 0 Å². The van der Waals surface area contributed by atoms with Crippen LogP contribution in [0.3, 0.4) is 0 Å². The standard InChI is InChI=1S/C16H27N/c1-7-17-16(5,6)12-13-8-10-14(11-9-13)15(2,3)4/h8-11,17H,7,12H2,1-6H3. The van der Waals surface area contributed by atoms with E-state index in [1.807, 2.05) is 0 Å². The van der Waals surface area contributed by atoms with Crippen LogP contribution in [0.2, 0.25) is 0 Å². The lowest BCUT2D eigenvalue weighted by atomic mass is 9.85. The smallest absolute Gasteiger partial charge is 0.0165 e. The zero-order chi connectivity index (χ0) is 13.1. The third-order valence-electron chi connectivity index (χ3n) is 3.12. The quantitative estimate of drug-likeness (QED) is 0.831. The van der Waals surface area contributed by atoms with E-state index in [1.165, 1.54) is 11.1 Å². The first kappa shape index (κ1) is 14.2. The van der Waals surface area contributed by atoms with Crippen molar-refractivity contribution < 1.29 is 0 Å². The van der Waals surface area contributed by atoms with Gasteiger partial charge in [0.15, 0.2) is 0 Å². The summed E-state index contributed by atoms with van der Waals surface area (Å²) in [5.74, 6) is 0. The SMILES string of the molecule is CCNC(C)(C)Cc1ccc(C(C)(C)C)cc1. The monoisotopic (exact) mass is 233 g/mol. The summed E-state index contributed by atoms with van der Waals surface area (Å²) < 4.78 is 0. The topological polar surface area (TPSA) is 12.0 Å². The number of benzene rings is 1. The molecule has 1 heteroatoms. The third-order valence-corrected chi connectivity index (χ3v) is 3.12. The molecule has 17 heavy (non-hydrogen) atoms. The van der Waals surface area contributed by atoms with E-state index in [-0.39, 0.29) is 11.0 Å². The molecule has 1 nitrogen and oxygen atoms in total. The third kappa shape index (κ3) is 4.51. The highest BCUT2D eigenvalue weighted by atomic mass is 14.9. The molecule has 1 aromatic rings. The lowest BCUT2D eigenvalue weighted by Crippen LogP contribution is -2.41. The van der Waals surface area contributed by atoms with Crippen molar-refractivity contribution in [2.75, 3.05) is 6.54 Å². The Morgan fingerprint density at radius 3 is 1.88 bits per heavy atom. The Kier molecular flexibility index (Phi) is 4.37. The van der Waals surface area contributed by atoms with Crippen molar-refractivity contribution in [3.05, 3.63) is 35.4 Å². The molecule has 0 atom stereocenters. The molecule has 0 spiro atoms. The molecule has 0 saturated heterocycles. The Hall–Kier alpha value is -0.820. The maximum Gasteiger partial charge on any atom is 0.0165 e. The van der Waals surface area contributed by atoms with Crippen LogP contribution in [0.5, 0.6) is 0 Å². The van der Waals surface area contributed by atoms with Crippen molar-refractivity contribution in [2.45, 2.75) is 58.9 Å². The number of likely N-dealkylation sites (N-methyl/N-ethyl adjacent to an activating group) is 1. The summed E-state index contributed by atoms with van der Waals surface area (Å²) >= 11 is 0. The normalized spacial score (nSPS) is 12.8. The van der Waals surface area contributed by atoms with Gasteiger partial charge in [-0.1, -0.05) is 52.0 Å². The maximum absolute atomic E-state index is 3.52. The van der Waals surface area contributed by atoms with E-state index >= 15 is 0 Å². The number of nitrogens with one attached hydrogen (secondary N) is 1. The largest absolute Gasteiger partial charge is 0.312 e. The zero-order valence-electron chi connectivity index (χ0n) is 12.2. The molecule has 0 heterocycles. The van der Waals surface area contributed by atoms with Crippen LogP contribution in [0.1, 0.15) is 52.7 Å². The van der Waals surface area contributed by atoms with Crippen LogP contribution in [-0.2, 0) is 11.8 Å². The molecule has 0 unspecified atom stereocenters.